The summed E-state index contributed by atoms with van der Waals surface area (Å²) in [6.07, 6.45) is 0.848. The van der Waals surface area contributed by atoms with E-state index in [4.69, 9.17) is 5.73 Å². The number of hydrogen-bond donors (Lipinski definition) is 1. The van der Waals surface area contributed by atoms with Crippen LogP contribution in [0.25, 0.3) is 0 Å². The molecule has 1 aliphatic rings. The molecule has 1 fully saturated rings. The van der Waals surface area contributed by atoms with E-state index in [1.54, 1.807) is 0 Å². The minimum Gasteiger partial charge on any atom is -0.398 e. The van der Waals surface area contributed by atoms with Crippen LogP contribution in [0.2, 0.25) is 0 Å². The van der Waals surface area contributed by atoms with Crippen LogP contribution in [0.5, 0.6) is 0 Å². The van der Waals surface area contributed by atoms with Crippen molar-refractivity contribution < 1.29 is 12.8 Å². The molecule has 1 aromatic carbocycles. The van der Waals surface area contributed by atoms with Gasteiger partial charge >= 0.3 is 0 Å². The minimum absolute atomic E-state index is 0.00648. The van der Waals surface area contributed by atoms with Crippen molar-refractivity contribution in [3.05, 3.63) is 24.0 Å². The SMILES string of the molecule is CC1CCN(S(=O)(=O)c2ccc(F)cc2N)C1. The van der Waals surface area contributed by atoms with Crippen LogP contribution >= 0.6 is 0 Å². The van der Waals surface area contributed by atoms with Crippen LogP contribution < -0.4 is 5.73 Å². The van der Waals surface area contributed by atoms with Gasteiger partial charge in [-0.1, -0.05) is 6.92 Å². The number of benzene rings is 1. The first kappa shape index (κ1) is 12.3. The number of sulfonamides is 1. The van der Waals surface area contributed by atoms with Gasteiger partial charge in [-0.05, 0) is 30.5 Å². The van der Waals surface area contributed by atoms with Crippen LogP contribution in [0, 0.1) is 11.7 Å². The maximum atomic E-state index is 12.9. The Bertz CT molecular complexity index is 530. The minimum atomic E-state index is -3.58. The van der Waals surface area contributed by atoms with Crippen LogP contribution in [0.3, 0.4) is 0 Å². The van der Waals surface area contributed by atoms with E-state index >= 15 is 0 Å². The Morgan fingerprint density at radius 1 is 1.47 bits per heavy atom. The summed E-state index contributed by atoms with van der Waals surface area (Å²) < 4.78 is 38.8. The molecule has 0 spiro atoms. The fraction of sp³-hybridized carbons (Fsp3) is 0.455. The molecule has 0 aromatic heterocycles. The Morgan fingerprint density at radius 2 is 2.18 bits per heavy atom. The Morgan fingerprint density at radius 3 is 2.71 bits per heavy atom. The normalized spacial score (nSPS) is 21.9. The van der Waals surface area contributed by atoms with Crippen molar-refractivity contribution >= 4 is 15.7 Å². The average molecular weight is 258 g/mol. The van der Waals surface area contributed by atoms with Gasteiger partial charge in [-0.25, -0.2) is 12.8 Å². The van der Waals surface area contributed by atoms with E-state index in [9.17, 15) is 12.8 Å². The molecule has 1 heterocycles. The molecule has 2 rings (SSSR count). The first-order valence-corrected chi connectivity index (χ1v) is 6.90. The van der Waals surface area contributed by atoms with Crippen molar-refractivity contribution in [1.82, 2.24) is 4.31 Å². The molecule has 0 saturated carbocycles. The molecule has 94 valence electrons. The molecule has 1 aromatic rings. The second-order valence-electron chi connectivity index (χ2n) is 4.44. The molecule has 1 unspecified atom stereocenters. The second-order valence-corrected chi connectivity index (χ2v) is 6.35. The highest BCUT2D eigenvalue weighted by molar-refractivity contribution is 7.89. The lowest BCUT2D eigenvalue weighted by Gasteiger charge is -2.17. The fourth-order valence-corrected chi connectivity index (χ4v) is 3.68. The standard InChI is InChI=1S/C11H15FN2O2S/c1-8-4-5-14(7-8)17(15,16)11-3-2-9(12)6-10(11)13/h2-3,6,8H,4-5,7,13H2,1H3. The van der Waals surface area contributed by atoms with E-state index in [0.29, 0.717) is 19.0 Å². The van der Waals surface area contributed by atoms with E-state index < -0.39 is 15.8 Å². The van der Waals surface area contributed by atoms with Gasteiger partial charge in [-0.3, -0.25) is 0 Å². The Kier molecular flexibility index (Phi) is 3.09. The first-order chi connectivity index (χ1) is 7.91. The summed E-state index contributed by atoms with van der Waals surface area (Å²) in [6, 6.07) is 3.37. The molecule has 1 atom stereocenters. The molecular formula is C11H15FN2O2S. The largest absolute Gasteiger partial charge is 0.398 e. The van der Waals surface area contributed by atoms with Crippen molar-refractivity contribution in [2.45, 2.75) is 18.2 Å². The molecule has 0 radical (unpaired) electrons. The third-order valence-electron chi connectivity index (χ3n) is 2.98. The highest BCUT2D eigenvalue weighted by atomic mass is 32.2. The van der Waals surface area contributed by atoms with Gasteiger partial charge in [0.25, 0.3) is 0 Å². The number of anilines is 1. The molecule has 1 saturated heterocycles. The van der Waals surface area contributed by atoms with E-state index in [1.807, 2.05) is 6.92 Å². The predicted molar refractivity (Wildman–Crippen MR) is 63.4 cm³/mol. The zero-order chi connectivity index (χ0) is 12.6. The molecule has 0 bridgehead atoms. The van der Waals surface area contributed by atoms with E-state index in [2.05, 4.69) is 0 Å². The summed E-state index contributed by atoms with van der Waals surface area (Å²) in [5.74, 6) is -0.178. The molecule has 6 heteroatoms. The highest BCUT2D eigenvalue weighted by Crippen LogP contribution is 2.27. The first-order valence-electron chi connectivity index (χ1n) is 5.46. The zero-order valence-corrected chi connectivity index (χ0v) is 10.4. The van der Waals surface area contributed by atoms with Crippen LogP contribution in [0.4, 0.5) is 10.1 Å². The van der Waals surface area contributed by atoms with Gasteiger partial charge in [0.1, 0.15) is 10.7 Å². The lowest BCUT2D eigenvalue weighted by molar-refractivity contribution is 0.464. The summed E-state index contributed by atoms with van der Waals surface area (Å²) in [5, 5.41) is 0. The number of nitrogens with zero attached hydrogens (tertiary/aromatic N) is 1. The van der Waals surface area contributed by atoms with E-state index in [1.165, 1.54) is 10.4 Å². The van der Waals surface area contributed by atoms with E-state index in [0.717, 1.165) is 18.6 Å². The van der Waals surface area contributed by atoms with Crippen molar-refractivity contribution in [2.24, 2.45) is 5.92 Å². The van der Waals surface area contributed by atoms with Crippen LogP contribution in [0.15, 0.2) is 23.1 Å². The molecule has 4 nitrogen and oxygen atoms in total. The van der Waals surface area contributed by atoms with Gasteiger partial charge in [0.05, 0.1) is 5.69 Å². The van der Waals surface area contributed by atoms with Gasteiger partial charge in [0.15, 0.2) is 0 Å². The molecular weight excluding hydrogens is 243 g/mol. The topological polar surface area (TPSA) is 63.4 Å². The number of nitrogen functional groups attached to an aromatic ring is 1. The van der Waals surface area contributed by atoms with E-state index in [-0.39, 0.29) is 10.6 Å². The summed E-state index contributed by atoms with van der Waals surface area (Å²) in [6.45, 7) is 3.00. The highest BCUT2D eigenvalue weighted by Gasteiger charge is 2.31. The lowest BCUT2D eigenvalue weighted by atomic mass is 10.2. The van der Waals surface area contributed by atoms with Gasteiger partial charge in [0, 0.05) is 13.1 Å². The van der Waals surface area contributed by atoms with Crippen LogP contribution in [-0.4, -0.2) is 25.8 Å². The van der Waals surface area contributed by atoms with Crippen LogP contribution in [-0.2, 0) is 10.0 Å². The average Bonchev–Trinajstić information content (AvgIpc) is 2.64. The molecule has 0 amide bonds. The Hall–Kier alpha value is -1.14. The van der Waals surface area contributed by atoms with Gasteiger partial charge in [-0.2, -0.15) is 4.31 Å². The summed E-state index contributed by atoms with van der Waals surface area (Å²) >= 11 is 0. The molecule has 17 heavy (non-hydrogen) atoms. The van der Waals surface area contributed by atoms with Gasteiger partial charge in [0.2, 0.25) is 10.0 Å². The predicted octanol–water partition coefficient (Wildman–Crippen LogP) is 1.44. The maximum absolute atomic E-state index is 12.9. The summed E-state index contributed by atoms with van der Waals surface area (Å²) in [5.41, 5.74) is 5.53. The van der Waals surface area contributed by atoms with Crippen molar-refractivity contribution in [3.63, 3.8) is 0 Å². The fourth-order valence-electron chi connectivity index (χ4n) is 2.01. The van der Waals surface area contributed by atoms with Gasteiger partial charge < -0.3 is 5.73 Å². The quantitative estimate of drug-likeness (QED) is 0.816. The Balaban J connectivity index is 2.38. The van der Waals surface area contributed by atoms with Crippen molar-refractivity contribution in [3.8, 4) is 0 Å². The van der Waals surface area contributed by atoms with Crippen molar-refractivity contribution in [1.29, 1.82) is 0 Å². The second kappa shape index (κ2) is 4.27. The molecule has 1 aliphatic heterocycles. The smallest absolute Gasteiger partial charge is 0.245 e. The third-order valence-corrected chi connectivity index (χ3v) is 4.92. The monoisotopic (exact) mass is 258 g/mol. The van der Waals surface area contributed by atoms with Crippen molar-refractivity contribution in [2.75, 3.05) is 18.8 Å². The molecule has 0 aliphatic carbocycles. The van der Waals surface area contributed by atoms with Gasteiger partial charge in [-0.15, -0.1) is 0 Å². The number of halogens is 1. The third kappa shape index (κ3) is 2.28. The summed E-state index contributed by atoms with van der Waals surface area (Å²) in [4.78, 5) is -0.00648. The number of nitrogens with two attached hydrogens (primary N) is 1. The van der Waals surface area contributed by atoms with Crippen LogP contribution in [0.1, 0.15) is 13.3 Å². The lowest BCUT2D eigenvalue weighted by Crippen LogP contribution is -2.29. The maximum Gasteiger partial charge on any atom is 0.245 e. The summed E-state index contributed by atoms with van der Waals surface area (Å²) in [7, 11) is -3.58. The Labute approximate surface area is 100 Å². The zero-order valence-electron chi connectivity index (χ0n) is 9.56. The number of hydrogen-bond acceptors (Lipinski definition) is 3. The number of rotatable bonds is 2. The molecule has 2 N–H and O–H groups in total.